The van der Waals surface area contributed by atoms with Crippen LogP contribution in [0, 0.1) is 0 Å². The van der Waals surface area contributed by atoms with Gasteiger partial charge in [0.15, 0.2) is 11.5 Å². The summed E-state index contributed by atoms with van der Waals surface area (Å²) in [7, 11) is -0.0406. The van der Waals surface area contributed by atoms with E-state index in [9.17, 15) is 14.4 Å². The van der Waals surface area contributed by atoms with Crippen molar-refractivity contribution in [3.05, 3.63) is 60.7 Å². The second-order valence-corrected chi connectivity index (χ2v) is 8.64. The quantitative estimate of drug-likeness (QED) is 0.385. The van der Waals surface area contributed by atoms with Gasteiger partial charge < -0.3 is 29.0 Å². The summed E-state index contributed by atoms with van der Waals surface area (Å²) < 4.78 is 28.5. The SMILES string of the molecule is COc1cc(-c2nc3cc(S(=O)Nc4ccccc4)ccc3n2C2COC2)cc(O)c1O. The van der Waals surface area contributed by atoms with Crippen molar-refractivity contribution in [3.8, 4) is 28.6 Å². The van der Waals surface area contributed by atoms with E-state index in [1.807, 2.05) is 47.0 Å². The van der Waals surface area contributed by atoms with Gasteiger partial charge in [-0.05, 0) is 42.5 Å². The normalized spacial score (nSPS) is 14.8. The number of phenols is 2. The minimum absolute atomic E-state index is 0.0794. The Morgan fingerprint density at radius 2 is 1.91 bits per heavy atom. The average molecular weight is 452 g/mol. The first-order valence-electron chi connectivity index (χ1n) is 9.98. The van der Waals surface area contributed by atoms with Crippen LogP contribution in [0.4, 0.5) is 5.69 Å². The van der Waals surface area contributed by atoms with Crippen LogP contribution in [0.1, 0.15) is 6.04 Å². The van der Waals surface area contributed by atoms with Crippen LogP contribution in [0.3, 0.4) is 0 Å². The number of anilines is 1. The number of hydrogen-bond acceptors (Lipinski definition) is 6. The summed E-state index contributed by atoms with van der Waals surface area (Å²) in [5, 5.41) is 20.2. The van der Waals surface area contributed by atoms with Gasteiger partial charge in [-0.3, -0.25) is 0 Å². The molecule has 4 aromatic rings. The molecule has 1 unspecified atom stereocenters. The molecule has 1 aromatic heterocycles. The lowest BCUT2D eigenvalue weighted by Gasteiger charge is -2.29. The fourth-order valence-corrected chi connectivity index (χ4v) is 4.57. The number of imidazole rings is 1. The molecule has 0 bridgehead atoms. The minimum Gasteiger partial charge on any atom is -0.504 e. The molecule has 0 aliphatic carbocycles. The number of aromatic nitrogens is 2. The van der Waals surface area contributed by atoms with Crippen molar-refractivity contribution in [2.75, 3.05) is 25.0 Å². The van der Waals surface area contributed by atoms with Crippen LogP contribution < -0.4 is 9.46 Å². The van der Waals surface area contributed by atoms with Crippen molar-refractivity contribution < 1.29 is 23.9 Å². The molecule has 1 aliphatic heterocycles. The summed E-state index contributed by atoms with van der Waals surface area (Å²) in [6.45, 7) is 1.09. The smallest absolute Gasteiger partial charge is 0.200 e. The third-order valence-corrected chi connectivity index (χ3v) is 6.48. The average Bonchev–Trinajstić information content (AvgIpc) is 3.13. The van der Waals surface area contributed by atoms with E-state index in [1.54, 1.807) is 12.1 Å². The second kappa shape index (κ2) is 8.18. The summed E-state index contributed by atoms with van der Waals surface area (Å²) in [4.78, 5) is 5.37. The number of benzene rings is 3. The number of hydrogen-bond donors (Lipinski definition) is 3. The summed E-state index contributed by atoms with van der Waals surface area (Å²) >= 11 is 0. The van der Waals surface area contributed by atoms with Gasteiger partial charge >= 0.3 is 0 Å². The second-order valence-electron chi connectivity index (χ2n) is 7.43. The van der Waals surface area contributed by atoms with E-state index in [0.717, 1.165) is 11.2 Å². The molecule has 3 aromatic carbocycles. The summed E-state index contributed by atoms with van der Waals surface area (Å²) in [5.41, 5.74) is 2.88. The van der Waals surface area contributed by atoms with Crippen LogP contribution in [-0.2, 0) is 15.7 Å². The molecule has 5 rings (SSSR count). The number of phenolic OH excluding ortho intramolecular Hbond substituents is 2. The largest absolute Gasteiger partial charge is 0.504 e. The maximum Gasteiger partial charge on any atom is 0.200 e. The summed E-state index contributed by atoms with van der Waals surface area (Å²) in [5.74, 6) is 0.130. The predicted molar refractivity (Wildman–Crippen MR) is 121 cm³/mol. The molecule has 1 saturated heterocycles. The van der Waals surface area contributed by atoms with Gasteiger partial charge in [0.05, 0.1) is 42.3 Å². The van der Waals surface area contributed by atoms with E-state index < -0.39 is 11.0 Å². The standard InChI is InChI=1S/C23H21N3O5S/c1-30-21-10-14(9-20(27)22(21)28)23-24-18-11-17(32(29)25-15-5-3-2-4-6-15)7-8-19(18)26(23)16-12-31-13-16/h2-11,16,25,27-28H,12-13H2,1H3. The van der Waals surface area contributed by atoms with Crippen molar-refractivity contribution >= 4 is 27.7 Å². The van der Waals surface area contributed by atoms with Crippen LogP contribution in [0.15, 0.2) is 65.6 Å². The molecule has 1 aliphatic rings. The van der Waals surface area contributed by atoms with Crippen molar-refractivity contribution in [1.29, 1.82) is 0 Å². The molecule has 1 atom stereocenters. The molecule has 0 spiro atoms. The van der Waals surface area contributed by atoms with Gasteiger partial charge in [-0.25, -0.2) is 9.19 Å². The van der Waals surface area contributed by atoms with E-state index in [0.29, 0.717) is 35.0 Å². The van der Waals surface area contributed by atoms with Crippen LogP contribution in [0.2, 0.25) is 0 Å². The monoisotopic (exact) mass is 451 g/mol. The van der Waals surface area contributed by atoms with Gasteiger partial charge in [-0.1, -0.05) is 18.2 Å². The van der Waals surface area contributed by atoms with Gasteiger partial charge in [0, 0.05) is 11.3 Å². The molecule has 3 N–H and O–H groups in total. The topological polar surface area (TPSA) is 106 Å². The Morgan fingerprint density at radius 3 is 2.59 bits per heavy atom. The highest BCUT2D eigenvalue weighted by molar-refractivity contribution is 7.86. The first-order valence-corrected chi connectivity index (χ1v) is 11.1. The molecular weight excluding hydrogens is 430 g/mol. The van der Waals surface area contributed by atoms with E-state index in [1.165, 1.54) is 13.2 Å². The van der Waals surface area contributed by atoms with Crippen molar-refractivity contribution in [1.82, 2.24) is 9.55 Å². The molecule has 0 radical (unpaired) electrons. The molecule has 8 nitrogen and oxygen atoms in total. The molecule has 0 saturated carbocycles. The van der Waals surface area contributed by atoms with Crippen LogP contribution >= 0.6 is 0 Å². The van der Waals surface area contributed by atoms with Gasteiger partial charge in [-0.2, -0.15) is 0 Å². The molecule has 1 fully saturated rings. The number of rotatable bonds is 6. The van der Waals surface area contributed by atoms with Crippen LogP contribution in [0.25, 0.3) is 22.4 Å². The fraction of sp³-hybridized carbons (Fsp3) is 0.174. The zero-order valence-corrected chi connectivity index (χ0v) is 18.0. The van der Waals surface area contributed by atoms with Crippen molar-refractivity contribution in [2.24, 2.45) is 0 Å². The van der Waals surface area contributed by atoms with Crippen molar-refractivity contribution in [3.63, 3.8) is 0 Å². The highest BCUT2D eigenvalue weighted by Crippen LogP contribution is 2.41. The molecule has 2 heterocycles. The Kier molecular flexibility index (Phi) is 5.20. The van der Waals surface area contributed by atoms with Crippen LogP contribution in [-0.4, -0.2) is 44.3 Å². The molecule has 164 valence electrons. The Morgan fingerprint density at radius 1 is 1.12 bits per heavy atom. The number of methoxy groups -OCH3 is 1. The molecular formula is C23H21N3O5S. The lowest BCUT2D eigenvalue weighted by Crippen LogP contribution is -2.31. The van der Waals surface area contributed by atoms with Gasteiger partial charge in [-0.15, -0.1) is 0 Å². The number of nitrogens with zero attached hydrogens (tertiary/aromatic N) is 2. The van der Waals surface area contributed by atoms with E-state index in [4.69, 9.17) is 14.5 Å². The lowest BCUT2D eigenvalue weighted by atomic mass is 10.1. The van der Waals surface area contributed by atoms with Gasteiger partial charge in [0.25, 0.3) is 0 Å². The van der Waals surface area contributed by atoms with Gasteiger partial charge in [0.1, 0.15) is 16.8 Å². The molecule has 32 heavy (non-hydrogen) atoms. The van der Waals surface area contributed by atoms with Crippen LogP contribution in [0.5, 0.6) is 17.2 Å². The summed E-state index contributed by atoms with van der Waals surface area (Å²) in [6, 6.07) is 18.0. The highest BCUT2D eigenvalue weighted by Gasteiger charge is 2.27. The van der Waals surface area contributed by atoms with E-state index in [-0.39, 0.29) is 23.3 Å². The maximum atomic E-state index is 12.9. The third kappa shape index (κ3) is 3.55. The summed E-state index contributed by atoms with van der Waals surface area (Å²) in [6.07, 6.45) is 0. The Hall–Kier alpha value is -3.56. The van der Waals surface area contributed by atoms with Gasteiger partial charge in [0.2, 0.25) is 5.75 Å². The van der Waals surface area contributed by atoms with E-state index >= 15 is 0 Å². The lowest BCUT2D eigenvalue weighted by molar-refractivity contribution is -0.0209. The number of aromatic hydroxyl groups is 2. The number of para-hydroxylation sites is 1. The first kappa shape index (κ1) is 20.3. The Balaban J connectivity index is 1.59. The third-order valence-electron chi connectivity index (χ3n) is 5.38. The number of nitrogens with one attached hydrogen (secondary N) is 1. The number of ether oxygens (including phenoxy) is 2. The fourth-order valence-electron chi connectivity index (χ4n) is 3.69. The minimum atomic E-state index is -1.46. The van der Waals surface area contributed by atoms with E-state index in [2.05, 4.69) is 4.72 Å². The zero-order valence-electron chi connectivity index (χ0n) is 17.2. The first-order chi connectivity index (χ1) is 15.5. The zero-order chi connectivity index (χ0) is 22.2. The van der Waals surface area contributed by atoms with Crippen molar-refractivity contribution in [2.45, 2.75) is 10.9 Å². The predicted octanol–water partition coefficient (Wildman–Crippen LogP) is 3.83. The Labute approximate surface area is 186 Å². The number of fused-ring (bicyclic) bond motifs is 1. The molecule has 0 amide bonds. The Bertz CT molecular complexity index is 1320. The highest BCUT2D eigenvalue weighted by atomic mass is 32.2. The maximum absolute atomic E-state index is 12.9. The molecule has 9 heteroatoms.